The van der Waals surface area contributed by atoms with Crippen molar-refractivity contribution >= 4 is 0 Å². The lowest BCUT2D eigenvalue weighted by Crippen LogP contribution is -1.91. The summed E-state index contributed by atoms with van der Waals surface area (Å²) in [6.45, 7) is 5.61. The van der Waals surface area contributed by atoms with Crippen LogP contribution in [0.3, 0.4) is 0 Å². The average molecular weight is 173 g/mol. The monoisotopic (exact) mass is 173 g/mol. The summed E-state index contributed by atoms with van der Waals surface area (Å²) in [4.78, 5) is 0. The molecule has 1 aromatic rings. The Morgan fingerprint density at radius 1 is 1.42 bits per heavy atom. The second-order valence-electron chi connectivity index (χ2n) is 2.43. The van der Waals surface area contributed by atoms with Crippen LogP contribution in [0, 0.1) is 0 Å². The molecule has 0 saturated carbocycles. The van der Waals surface area contributed by atoms with Crippen molar-refractivity contribution in [2.45, 2.75) is 40.4 Å². The summed E-state index contributed by atoms with van der Waals surface area (Å²) in [6, 6.07) is 0. The number of aryl methyl sites for hydroxylation is 1. The maximum absolute atomic E-state index is 11.7. The van der Waals surface area contributed by atoms with Gasteiger partial charge < -0.3 is 0 Å². The van der Waals surface area contributed by atoms with Crippen molar-refractivity contribution in [1.29, 1.82) is 0 Å². The maximum atomic E-state index is 11.7. The minimum absolute atomic E-state index is 0.590. The van der Waals surface area contributed by atoms with Crippen LogP contribution >= 0.6 is 0 Å². The van der Waals surface area contributed by atoms with E-state index in [0.717, 1.165) is 12.1 Å². The zero-order chi connectivity index (χ0) is 9.40. The summed E-state index contributed by atoms with van der Waals surface area (Å²) in [5.41, 5.74) is 0.827. The molecule has 1 aromatic heterocycles. The summed E-state index contributed by atoms with van der Waals surface area (Å²) >= 11 is 0. The van der Waals surface area contributed by atoms with E-state index >= 15 is 0 Å². The lowest BCUT2D eigenvalue weighted by molar-refractivity contribution is 0.343. The van der Waals surface area contributed by atoms with Gasteiger partial charge >= 0.3 is 0 Å². The van der Waals surface area contributed by atoms with Gasteiger partial charge in [-0.25, -0.2) is 9.07 Å². The van der Waals surface area contributed by atoms with Gasteiger partial charge in [0.25, 0.3) is 0 Å². The summed E-state index contributed by atoms with van der Waals surface area (Å²) in [5, 5.41) is 7.18. The number of hydrogen-bond acceptors (Lipinski definition) is 2. The summed E-state index contributed by atoms with van der Waals surface area (Å²) in [5.74, 6) is 0. The molecule has 0 fully saturated rings. The first-order valence-electron chi connectivity index (χ1n) is 4.23. The van der Waals surface area contributed by atoms with Gasteiger partial charge in [-0.1, -0.05) is 32.4 Å². The molecule has 12 heavy (non-hydrogen) atoms. The van der Waals surface area contributed by atoms with E-state index in [1.807, 2.05) is 6.92 Å². The Morgan fingerprint density at radius 3 is 2.25 bits per heavy atom. The van der Waals surface area contributed by atoms with Crippen molar-refractivity contribution in [2.75, 3.05) is 0 Å². The number of nitrogens with zero attached hydrogens (tertiary/aromatic N) is 3. The molecule has 0 aliphatic rings. The Morgan fingerprint density at radius 2 is 2.00 bits per heavy atom. The molecule has 0 aromatic carbocycles. The first-order valence-corrected chi connectivity index (χ1v) is 4.23. The highest BCUT2D eigenvalue weighted by Crippen LogP contribution is 1.92. The molecule has 1 heterocycles. The highest BCUT2D eigenvalue weighted by atomic mass is 19.1. The Labute approximate surface area is 72.6 Å². The van der Waals surface area contributed by atoms with Crippen LogP contribution in [0.5, 0.6) is 0 Å². The average Bonchev–Trinajstić information content (AvgIpc) is 2.53. The smallest absolute Gasteiger partial charge is 0.183 e. The molecule has 0 saturated heterocycles. The third-order valence-electron chi connectivity index (χ3n) is 1.07. The lowest BCUT2D eigenvalue weighted by Gasteiger charge is -1.83. The zero-order valence-electron chi connectivity index (χ0n) is 7.92. The van der Waals surface area contributed by atoms with E-state index < -0.39 is 6.80 Å². The van der Waals surface area contributed by atoms with Crippen LogP contribution in [0.15, 0.2) is 6.20 Å². The molecule has 0 spiro atoms. The fraction of sp³-hybridized carbons (Fsp3) is 0.750. The zero-order valence-corrected chi connectivity index (χ0v) is 7.92. The van der Waals surface area contributed by atoms with E-state index in [9.17, 15) is 4.39 Å². The molecule has 0 bridgehead atoms. The van der Waals surface area contributed by atoms with Crippen LogP contribution < -0.4 is 0 Å². The predicted molar refractivity (Wildman–Crippen MR) is 46.5 cm³/mol. The SMILES string of the molecule is CCC.CCc1cn(CF)nn1. The normalized spacial score (nSPS) is 9.00. The molecule has 70 valence electrons. The molecule has 4 heteroatoms. The van der Waals surface area contributed by atoms with Gasteiger partial charge in [-0.15, -0.1) is 5.10 Å². The molecular formula is C8H16FN3. The van der Waals surface area contributed by atoms with E-state index in [-0.39, 0.29) is 0 Å². The van der Waals surface area contributed by atoms with Crippen molar-refractivity contribution in [1.82, 2.24) is 15.0 Å². The summed E-state index contributed by atoms with van der Waals surface area (Å²) in [6.07, 6.45) is 3.65. The maximum Gasteiger partial charge on any atom is 0.183 e. The van der Waals surface area contributed by atoms with Crippen LogP contribution in [0.2, 0.25) is 0 Å². The quantitative estimate of drug-likeness (QED) is 0.686. The van der Waals surface area contributed by atoms with Crippen LogP contribution in [0.1, 0.15) is 32.9 Å². The third kappa shape index (κ3) is 4.05. The first-order chi connectivity index (χ1) is 5.78. The standard InChI is InChI=1S/C5H8FN3.C3H8/c1-2-5-3-9(4-6)8-7-5;1-3-2/h3H,2,4H2,1H3;3H2,1-2H3. The minimum Gasteiger partial charge on any atom is -0.225 e. The fourth-order valence-electron chi connectivity index (χ4n) is 0.559. The van der Waals surface area contributed by atoms with Gasteiger partial charge in [0, 0.05) is 0 Å². The number of hydrogen-bond donors (Lipinski definition) is 0. The molecule has 1 rings (SSSR count). The fourth-order valence-corrected chi connectivity index (χ4v) is 0.559. The number of halogens is 1. The third-order valence-corrected chi connectivity index (χ3v) is 1.07. The van der Waals surface area contributed by atoms with Crippen LogP contribution in [-0.4, -0.2) is 15.0 Å². The van der Waals surface area contributed by atoms with Crippen LogP contribution in [0.4, 0.5) is 4.39 Å². The van der Waals surface area contributed by atoms with Gasteiger partial charge in [0.15, 0.2) is 6.80 Å². The number of rotatable bonds is 2. The second kappa shape index (κ2) is 6.76. The van der Waals surface area contributed by atoms with Crippen molar-refractivity contribution in [3.05, 3.63) is 11.9 Å². The second-order valence-corrected chi connectivity index (χ2v) is 2.43. The molecule has 0 aliphatic heterocycles. The van der Waals surface area contributed by atoms with Gasteiger partial charge in [-0.2, -0.15) is 0 Å². The Bertz CT molecular complexity index is 179. The molecule has 0 unspecified atom stereocenters. The van der Waals surface area contributed by atoms with Crippen molar-refractivity contribution in [3.8, 4) is 0 Å². The summed E-state index contributed by atoms with van der Waals surface area (Å²) < 4.78 is 12.9. The van der Waals surface area contributed by atoms with Crippen molar-refractivity contribution in [3.63, 3.8) is 0 Å². The van der Waals surface area contributed by atoms with E-state index in [2.05, 4.69) is 24.2 Å². The molecule has 0 radical (unpaired) electrons. The van der Waals surface area contributed by atoms with Crippen LogP contribution in [0.25, 0.3) is 0 Å². The van der Waals surface area contributed by atoms with Gasteiger partial charge in [0.2, 0.25) is 0 Å². The predicted octanol–water partition coefficient (Wildman–Crippen LogP) is 2.18. The number of alkyl halides is 1. The van der Waals surface area contributed by atoms with Gasteiger partial charge in [-0.05, 0) is 6.42 Å². The highest BCUT2D eigenvalue weighted by molar-refractivity contribution is 4.90. The molecule has 3 nitrogen and oxygen atoms in total. The topological polar surface area (TPSA) is 30.7 Å². The molecule has 0 atom stereocenters. The van der Waals surface area contributed by atoms with E-state index in [4.69, 9.17) is 0 Å². The Hall–Kier alpha value is -0.930. The van der Waals surface area contributed by atoms with Gasteiger partial charge in [-0.3, -0.25) is 0 Å². The lowest BCUT2D eigenvalue weighted by atomic mass is 10.4. The number of aromatic nitrogens is 3. The highest BCUT2D eigenvalue weighted by Gasteiger charge is 1.94. The first kappa shape index (κ1) is 11.1. The largest absolute Gasteiger partial charge is 0.225 e. The molecule has 0 aliphatic carbocycles. The Balaban J connectivity index is 0.000000354. The molecule has 0 N–H and O–H groups in total. The molecule has 0 amide bonds. The van der Waals surface area contributed by atoms with Crippen molar-refractivity contribution < 1.29 is 4.39 Å². The summed E-state index contributed by atoms with van der Waals surface area (Å²) in [7, 11) is 0. The Kier molecular flexibility index (Phi) is 6.24. The minimum atomic E-state index is -0.590. The van der Waals surface area contributed by atoms with E-state index in [1.165, 1.54) is 11.1 Å². The van der Waals surface area contributed by atoms with E-state index in [1.54, 1.807) is 6.20 Å². The van der Waals surface area contributed by atoms with Gasteiger partial charge in [0.05, 0.1) is 11.9 Å². The van der Waals surface area contributed by atoms with Gasteiger partial charge in [0.1, 0.15) is 0 Å². The molecular weight excluding hydrogens is 157 g/mol. The van der Waals surface area contributed by atoms with Crippen molar-refractivity contribution in [2.24, 2.45) is 0 Å². The van der Waals surface area contributed by atoms with Crippen LogP contribution in [-0.2, 0) is 13.2 Å². The van der Waals surface area contributed by atoms with E-state index in [0.29, 0.717) is 0 Å².